The average Bonchev–Trinajstić information content (AvgIpc) is 3.86. The number of thiophene rings is 2. The Bertz CT molecular complexity index is 3120. The maximum absolute atomic E-state index is 5.37. The summed E-state index contributed by atoms with van der Waals surface area (Å²) in [5.41, 5.74) is 11.5. The standard InChI is InChI=1S/C51H31N3S2/c1-2-13-32(14-3-1)45-31-46(54-51(53-45)34-16-10-15-33(27-34)44-23-8-9-26-52-44)37-29-35(38-19-11-21-42-40-17-4-6-24-47(40)55-49(38)42)28-36(30-37)39-20-12-22-43-41-18-5-7-25-48(41)56-50(39)43/h1-31H. The molecule has 11 aromatic rings. The number of hydrogen-bond donors (Lipinski definition) is 0. The lowest BCUT2D eigenvalue weighted by Crippen LogP contribution is -1.97. The van der Waals surface area contributed by atoms with Crippen LogP contribution < -0.4 is 0 Å². The van der Waals surface area contributed by atoms with E-state index in [2.05, 4.69) is 163 Å². The second kappa shape index (κ2) is 13.5. The highest BCUT2D eigenvalue weighted by molar-refractivity contribution is 7.26. The van der Waals surface area contributed by atoms with E-state index in [-0.39, 0.29) is 0 Å². The maximum atomic E-state index is 5.37. The first-order valence-electron chi connectivity index (χ1n) is 18.7. The summed E-state index contributed by atoms with van der Waals surface area (Å²) in [4.78, 5) is 15.2. The fraction of sp³-hybridized carbons (Fsp3) is 0. The van der Waals surface area contributed by atoms with Gasteiger partial charge in [0.1, 0.15) is 0 Å². The lowest BCUT2D eigenvalue weighted by Gasteiger charge is -2.14. The van der Waals surface area contributed by atoms with Crippen molar-refractivity contribution in [3.05, 3.63) is 188 Å². The van der Waals surface area contributed by atoms with Crippen LogP contribution in [0, 0.1) is 0 Å². The van der Waals surface area contributed by atoms with Crippen LogP contribution in [0.5, 0.6) is 0 Å². The molecular weight excluding hydrogens is 719 g/mol. The molecule has 0 aliphatic rings. The Kier molecular flexibility index (Phi) is 7.87. The Morgan fingerprint density at radius 2 is 0.821 bits per heavy atom. The van der Waals surface area contributed by atoms with Crippen molar-refractivity contribution in [2.24, 2.45) is 0 Å². The van der Waals surface area contributed by atoms with Gasteiger partial charge in [-0.05, 0) is 76.9 Å². The molecule has 0 amide bonds. The Morgan fingerprint density at radius 1 is 0.321 bits per heavy atom. The molecule has 0 saturated carbocycles. The summed E-state index contributed by atoms with van der Waals surface area (Å²) in [7, 11) is 0. The molecule has 3 nitrogen and oxygen atoms in total. The largest absolute Gasteiger partial charge is 0.256 e. The van der Waals surface area contributed by atoms with E-state index in [1.807, 2.05) is 53.1 Å². The summed E-state index contributed by atoms with van der Waals surface area (Å²) in [5, 5.41) is 5.15. The molecule has 4 aromatic heterocycles. The molecule has 0 unspecified atom stereocenters. The van der Waals surface area contributed by atoms with Gasteiger partial charge in [-0.15, -0.1) is 22.7 Å². The van der Waals surface area contributed by atoms with E-state index in [1.54, 1.807) is 0 Å². The highest BCUT2D eigenvalue weighted by atomic mass is 32.1. The normalized spacial score (nSPS) is 11.6. The third-order valence-corrected chi connectivity index (χ3v) is 13.0. The summed E-state index contributed by atoms with van der Waals surface area (Å²) in [6.45, 7) is 0. The van der Waals surface area contributed by atoms with E-state index in [9.17, 15) is 0 Å². The first-order chi connectivity index (χ1) is 27.7. The van der Waals surface area contributed by atoms with Crippen LogP contribution in [0.4, 0.5) is 0 Å². The number of rotatable bonds is 6. The van der Waals surface area contributed by atoms with E-state index < -0.39 is 0 Å². The van der Waals surface area contributed by atoms with E-state index in [1.165, 1.54) is 51.5 Å². The van der Waals surface area contributed by atoms with E-state index in [0.717, 1.165) is 50.5 Å². The zero-order valence-electron chi connectivity index (χ0n) is 30.1. The topological polar surface area (TPSA) is 38.7 Å². The number of hydrogen-bond acceptors (Lipinski definition) is 5. The number of aromatic nitrogens is 3. The molecule has 4 heterocycles. The molecule has 0 atom stereocenters. The minimum Gasteiger partial charge on any atom is -0.256 e. The van der Waals surface area contributed by atoms with Gasteiger partial charge in [0.25, 0.3) is 0 Å². The molecule has 0 saturated heterocycles. The summed E-state index contributed by atoms with van der Waals surface area (Å²) < 4.78 is 5.16. The van der Waals surface area contributed by atoms with Crippen molar-refractivity contribution in [1.82, 2.24) is 15.0 Å². The van der Waals surface area contributed by atoms with Gasteiger partial charge in [0.15, 0.2) is 5.82 Å². The van der Waals surface area contributed by atoms with Gasteiger partial charge >= 0.3 is 0 Å². The van der Waals surface area contributed by atoms with Crippen LogP contribution in [0.15, 0.2) is 188 Å². The monoisotopic (exact) mass is 749 g/mol. The van der Waals surface area contributed by atoms with Gasteiger partial charge in [-0.1, -0.05) is 127 Å². The van der Waals surface area contributed by atoms with Crippen LogP contribution in [0.1, 0.15) is 0 Å². The molecule has 7 aromatic carbocycles. The molecule has 0 bridgehead atoms. The zero-order valence-corrected chi connectivity index (χ0v) is 31.7. The molecule has 11 rings (SSSR count). The van der Waals surface area contributed by atoms with Crippen LogP contribution >= 0.6 is 22.7 Å². The van der Waals surface area contributed by atoms with E-state index >= 15 is 0 Å². The van der Waals surface area contributed by atoms with Crippen LogP contribution in [-0.2, 0) is 0 Å². The molecule has 262 valence electrons. The lowest BCUT2D eigenvalue weighted by molar-refractivity contribution is 1.18. The molecule has 56 heavy (non-hydrogen) atoms. The van der Waals surface area contributed by atoms with Crippen LogP contribution in [0.25, 0.3) is 108 Å². The highest BCUT2D eigenvalue weighted by Gasteiger charge is 2.18. The summed E-state index contributed by atoms with van der Waals surface area (Å²) in [6, 6.07) is 64.8. The molecule has 0 N–H and O–H groups in total. The first-order valence-corrected chi connectivity index (χ1v) is 20.3. The first kappa shape index (κ1) is 32.6. The molecule has 5 heteroatoms. The number of pyridine rings is 1. The highest BCUT2D eigenvalue weighted by Crippen LogP contribution is 2.45. The van der Waals surface area contributed by atoms with Crippen molar-refractivity contribution in [1.29, 1.82) is 0 Å². The van der Waals surface area contributed by atoms with Crippen LogP contribution in [0.3, 0.4) is 0 Å². The Morgan fingerprint density at radius 3 is 1.46 bits per heavy atom. The fourth-order valence-electron chi connectivity index (χ4n) is 7.87. The lowest BCUT2D eigenvalue weighted by atomic mass is 9.93. The molecule has 0 aliphatic heterocycles. The van der Waals surface area contributed by atoms with Gasteiger partial charge in [-0.25, -0.2) is 9.97 Å². The summed E-state index contributed by atoms with van der Waals surface area (Å²) in [6.07, 6.45) is 1.83. The molecular formula is C51H31N3S2. The summed E-state index contributed by atoms with van der Waals surface area (Å²) in [5.74, 6) is 0.671. The summed E-state index contributed by atoms with van der Waals surface area (Å²) >= 11 is 3.72. The third-order valence-electron chi connectivity index (χ3n) is 10.5. The SMILES string of the molecule is c1ccc(-c2cc(-c3cc(-c4cccc5c4sc4ccccc45)cc(-c4cccc5c4sc4ccccc45)c3)nc(-c3cccc(-c4ccccn4)c3)n2)cc1. The molecule has 0 radical (unpaired) electrons. The number of nitrogens with zero attached hydrogens (tertiary/aromatic N) is 3. The Balaban J connectivity index is 1.17. The van der Waals surface area contributed by atoms with Gasteiger partial charge in [0.05, 0.1) is 17.1 Å². The number of fused-ring (bicyclic) bond motifs is 6. The van der Waals surface area contributed by atoms with Gasteiger partial charge in [0.2, 0.25) is 0 Å². The van der Waals surface area contributed by atoms with Crippen molar-refractivity contribution in [2.75, 3.05) is 0 Å². The van der Waals surface area contributed by atoms with Crippen LogP contribution in [0.2, 0.25) is 0 Å². The smallest absolute Gasteiger partial charge is 0.160 e. The zero-order chi connectivity index (χ0) is 37.0. The molecule has 0 fully saturated rings. The second-order valence-corrected chi connectivity index (χ2v) is 16.1. The minimum absolute atomic E-state index is 0.671. The second-order valence-electron chi connectivity index (χ2n) is 14.0. The maximum Gasteiger partial charge on any atom is 0.160 e. The van der Waals surface area contributed by atoms with Crippen molar-refractivity contribution in [3.8, 4) is 67.4 Å². The Hall–Kier alpha value is -6.79. The predicted molar refractivity (Wildman–Crippen MR) is 238 cm³/mol. The fourth-order valence-corrected chi connectivity index (χ4v) is 10.3. The van der Waals surface area contributed by atoms with E-state index in [0.29, 0.717) is 5.82 Å². The van der Waals surface area contributed by atoms with Gasteiger partial charge < -0.3 is 0 Å². The van der Waals surface area contributed by atoms with Crippen LogP contribution in [-0.4, -0.2) is 15.0 Å². The molecule has 0 aliphatic carbocycles. The van der Waals surface area contributed by atoms with Gasteiger partial charge in [0, 0.05) is 68.8 Å². The third kappa shape index (κ3) is 5.68. The van der Waals surface area contributed by atoms with Gasteiger partial charge in [-0.3, -0.25) is 4.98 Å². The van der Waals surface area contributed by atoms with Crippen molar-refractivity contribution >= 4 is 63.0 Å². The molecule has 0 spiro atoms. The Labute approximate surface area is 331 Å². The van der Waals surface area contributed by atoms with Crippen molar-refractivity contribution < 1.29 is 0 Å². The van der Waals surface area contributed by atoms with E-state index in [4.69, 9.17) is 9.97 Å². The quantitative estimate of drug-likeness (QED) is 0.170. The number of benzene rings is 7. The van der Waals surface area contributed by atoms with Gasteiger partial charge in [-0.2, -0.15) is 0 Å². The van der Waals surface area contributed by atoms with Crippen molar-refractivity contribution in [3.63, 3.8) is 0 Å². The van der Waals surface area contributed by atoms with Crippen molar-refractivity contribution in [2.45, 2.75) is 0 Å². The average molecular weight is 750 g/mol. The predicted octanol–water partition coefficient (Wildman–Crippen LogP) is 14.6. The minimum atomic E-state index is 0.671.